The SMILES string of the molecule is Cc1ccc(S(=O)(=O)OCP(=O)(OC(C)C23CC4CC(CC(C4)C2)C3)OC(C)C23CC4CC(CC(C4)C2)C3)cc1. The van der Waals surface area contributed by atoms with Gasteiger partial charge in [0.15, 0.2) is 6.35 Å². The van der Waals surface area contributed by atoms with Gasteiger partial charge < -0.3 is 9.05 Å². The van der Waals surface area contributed by atoms with Crippen LogP contribution in [-0.2, 0) is 27.9 Å². The average molecular weight is 591 g/mol. The summed E-state index contributed by atoms with van der Waals surface area (Å²) in [7, 11) is -8.01. The van der Waals surface area contributed by atoms with Gasteiger partial charge in [-0.05, 0) is 156 Å². The summed E-state index contributed by atoms with van der Waals surface area (Å²) < 4.78 is 59.6. The van der Waals surface area contributed by atoms with Gasteiger partial charge in [0.05, 0.1) is 17.1 Å². The average Bonchev–Trinajstić information content (AvgIpc) is 2.86. The molecule has 0 aliphatic heterocycles. The predicted octanol–water partition coefficient (Wildman–Crippen LogP) is 8.09. The summed E-state index contributed by atoms with van der Waals surface area (Å²) in [5.74, 6) is 4.43. The van der Waals surface area contributed by atoms with Crippen LogP contribution in [0.1, 0.15) is 96.5 Å². The van der Waals surface area contributed by atoms with Gasteiger partial charge >= 0.3 is 7.60 Å². The van der Waals surface area contributed by atoms with Gasteiger partial charge in [0.1, 0.15) is 0 Å². The van der Waals surface area contributed by atoms with E-state index in [1.165, 1.54) is 50.7 Å². The minimum absolute atomic E-state index is 0.00747. The van der Waals surface area contributed by atoms with E-state index in [2.05, 4.69) is 13.8 Å². The molecule has 40 heavy (non-hydrogen) atoms. The van der Waals surface area contributed by atoms with E-state index in [4.69, 9.17) is 13.2 Å². The molecule has 2 atom stereocenters. The molecule has 0 saturated heterocycles. The van der Waals surface area contributed by atoms with Gasteiger partial charge in [-0.3, -0.25) is 8.75 Å². The summed E-state index contributed by atoms with van der Waals surface area (Å²) >= 11 is 0. The minimum atomic E-state index is -4.10. The van der Waals surface area contributed by atoms with Gasteiger partial charge in [-0.1, -0.05) is 17.7 Å². The first kappa shape index (κ1) is 28.1. The van der Waals surface area contributed by atoms with Gasteiger partial charge in [0, 0.05) is 0 Å². The van der Waals surface area contributed by atoms with Crippen molar-refractivity contribution in [3.8, 4) is 0 Å². The molecule has 0 spiro atoms. The molecule has 0 radical (unpaired) electrons. The summed E-state index contributed by atoms with van der Waals surface area (Å²) in [5.41, 5.74) is 0.978. The van der Waals surface area contributed by atoms with E-state index >= 15 is 0 Å². The third kappa shape index (κ3) is 5.08. The van der Waals surface area contributed by atoms with Crippen molar-refractivity contribution in [2.24, 2.45) is 46.3 Å². The van der Waals surface area contributed by atoms with Crippen molar-refractivity contribution >= 4 is 17.7 Å². The Morgan fingerprint density at radius 2 is 1.07 bits per heavy atom. The van der Waals surface area contributed by atoms with E-state index in [0.29, 0.717) is 0 Å². The van der Waals surface area contributed by atoms with Crippen LogP contribution in [0.5, 0.6) is 0 Å². The van der Waals surface area contributed by atoms with Crippen molar-refractivity contribution < 1.29 is 26.2 Å². The van der Waals surface area contributed by atoms with Crippen molar-refractivity contribution in [3.05, 3.63) is 29.8 Å². The van der Waals surface area contributed by atoms with E-state index < -0.39 is 24.1 Å². The molecule has 8 aliphatic rings. The van der Waals surface area contributed by atoms with E-state index in [1.54, 1.807) is 12.1 Å². The van der Waals surface area contributed by atoms with Crippen LogP contribution in [0.15, 0.2) is 29.2 Å². The molecule has 222 valence electrons. The molecule has 6 nitrogen and oxygen atoms in total. The number of hydrogen-bond acceptors (Lipinski definition) is 6. The van der Waals surface area contributed by atoms with Gasteiger partial charge in [-0.25, -0.2) is 0 Å². The molecule has 1 aromatic carbocycles. The largest absolute Gasteiger partial charge is 0.358 e. The molecule has 8 saturated carbocycles. The van der Waals surface area contributed by atoms with Crippen LogP contribution in [-0.4, -0.2) is 27.0 Å². The lowest BCUT2D eigenvalue weighted by molar-refractivity contribution is -0.123. The topological polar surface area (TPSA) is 78.9 Å². The van der Waals surface area contributed by atoms with E-state index in [9.17, 15) is 13.0 Å². The molecule has 8 heteroatoms. The smallest absolute Gasteiger partial charge is 0.303 e. The van der Waals surface area contributed by atoms with Crippen LogP contribution in [0.2, 0.25) is 0 Å². The van der Waals surface area contributed by atoms with Crippen LogP contribution in [0.3, 0.4) is 0 Å². The first-order valence-corrected chi connectivity index (χ1v) is 19.0. The first-order chi connectivity index (χ1) is 18.9. The van der Waals surface area contributed by atoms with Crippen molar-refractivity contribution in [2.75, 3.05) is 6.35 Å². The molecule has 0 aromatic heterocycles. The van der Waals surface area contributed by atoms with Gasteiger partial charge in [0.2, 0.25) is 0 Å². The number of hydrogen-bond donors (Lipinski definition) is 0. The second-order valence-electron chi connectivity index (χ2n) is 15.2. The Balaban J connectivity index is 1.13. The number of aryl methyl sites for hydroxylation is 1. The molecular formula is C32H47O6PS. The Morgan fingerprint density at radius 3 is 1.43 bits per heavy atom. The molecule has 8 bridgehead atoms. The highest BCUT2D eigenvalue weighted by Crippen LogP contribution is 2.67. The van der Waals surface area contributed by atoms with E-state index in [1.807, 2.05) is 6.92 Å². The van der Waals surface area contributed by atoms with Crippen LogP contribution in [0.25, 0.3) is 0 Å². The lowest BCUT2D eigenvalue weighted by atomic mass is 9.48. The molecule has 1 aromatic rings. The van der Waals surface area contributed by atoms with Crippen molar-refractivity contribution in [3.63, 3.8) is 0 Å². The van der Waals surface area contributed by atoms with E-state index in [0.717, 1.165) is 79.6 Å². The normalized spacial score (nSPS) is 42.6. The zero-order valence-electron chi connectivity index (χ0n) is 24.4. The molecule has 0 N–H and O–H groups in total. The molecule has 9 rings (SSSR count). The van der Waals surface area contributed by atoms with Crippen LogP contribution < -0.4 is 0 Å². The summed E-state index contributed by atoms with van der Waals surface area (Å²) in [6.45, 7) is 6.03. The van der Waals surface area contributed by atoms with Crippen LogP contribution >= 0.6 is 7.60 Å². The zero-order chi connectivity index (χ0) is 27.9. The van der Waals surface area contributed by atoms with Crippen molar-refractivity contribution in [2.45, 2.75) is 115 Å². The third-order valence-corrected chi connectivity index (χ3v) is 15.4. The number of benzene rings is 1. The standard InChI is InChI=1S/C32H47O6PS/c1-21-4-6-30(7-5-21)40(34,35)36-20-39(33,37-22(2)31-14-24-8-25(15-31)10-26(9-24)16-31)38-23(3)32-17-27-11-28(18-32)13-29(12-27)19-32/h4-7,22-29H,8-20H2,1-3H3. The predicted molar refractivity (Wildman–Crippen MR) is 154 cm³/mol. The number of rotatable bonds is 10. The highest BCUT2D eigenvalue weighted by atomic mass is 32.2. The molecular weight excluding hydrogens is 543 g/mol. The maximum atomic E-state index is 14.7. The Hall–Kier alpha value is -0.720. The summed E-state index contributed by atoms with van der Waals surface area (Å²) in [6, 6.07) is 6.56. The maximum Gasteiger partial charge on any atom is 0.358 e. The quantitative estimate of drug-likeness (QED) is 0.202. The minimum Gasteiger partial charge on any atom is -0.303 e. The highest BCUT2D eigenvalue weighted by Gasteiger charge is 2.57. The lowest BCUT2D eigenvalue weighted by Crippen LogP contribution is -2.52. The summed E-state index contributed by atoms with van der Waals surface area (Å²) in [5, 5.41) is 0. The second-order valence-corrected chi connectivity index (χ2v) is 18.7. The second kappa shape index (κ2) is 9.91. The van der Waals surface area contributed by atoms with Gasteiger partial charge in [0.25, 0.3) is 10.1 Å². The van der Waals surface area contributed by atoms with Crippen LogP contribution in [0, 0.1) is 53.3 Å². The Morgan fingerprint density at radius 1 is 0.725 bits per heavy atom. The molecule has 0 heterocycles. The monoisotopic (exact) mass is 590 g/mol. The molecule has 2 unspecified atom stereocenters. The molecule has 0 amide bonds. The Bertz CT molecular complexity index is 1150. The zero-order valence-corrected chi connectivity index (χ0v) is 26.1. The highest BCUT2D eigenvalue weighted by molar-refractivity contribution is 7.87. The fourth-order valence-corrected chi connectivity index (χ4v) is 14.3. The van der Waals surface area contributed by atoms with Crippen molar-refractivity contribution in [1.82, 2.24) is 0 Å². The van der Waals surface area contributed by atoms with Gasteiger partial charge in [-0.15, -0.1) is 0 Å². The summed E-state index contributed by atoms with van der Waals surface area (Å²) in [6.07, 6.45) is 13.5. The third-order valence-electron chi connectivity index (χ3n) is 12.2. The Kier molecular flexibility index (Phi) is 6.95. The fourth-order valence-electron chi connectivity index (χ4n) is 11.0. The van der Waals surface area contributed by atoms with E-state index in [-0.39, 0.29) is 27.9 Å². The van der Waals surface area contributed by atoms with Gasteiger partial charge in [-0.2, -0.15) is 8.42 Å². The van der Waals surface area contributed by atoms with Crippen LogP contribution in [0.4, 0.5) is 0 Å². The molecule has 8 aliphatic carbocycles. The van der Waals surface area contributed by atoms with Crippen molar-refractivity contribution in [1.29, 1.82) is 0 Å². The maximum absolute atomic E-state index is 14.7. The fraction of sp³-hybridized carbons (Fsp3) is 0.812. The Labute approximate surface area is 241 Å². The molecule has 8 fully saturated rings. The first-order valence-electron chi connectivity index (χ1n) is 15.9. The lowest BCUT2D eigenvalue weighted by Gasteiger charge is -2.59. The summed E-state index contributed by atoms with van der Waals surface area (Å²) in [4.78, 5) is 0.0629.